The van der Waals surface area contributed by atoms with Crippen molar-refractivity contribution in [2.24, 2.45) is 5.92 Å². The number of nitrogens with one attached hydrogen (secondary N) is 1. The van der Waals surface area contributed by atoms with Gasteiger partial charge in [0.05, 0.1) is 6.26 Å². The summed E-state index contributed by atoms with van der Waals surface area (Å²) >= 11 is 0. The first-order valence-electron chi connectivity index (χ1n) is 9.16. The van der Waals surface area contributed by atoms with E-state index in [1.165, 1.54) is 10.8 Å². The third-order valence-electron chi connectivity index (χ3n) is 4.93. The fourth-order valence-electron chi connectivity index (χ4n) is 3.68. The van der Waals surface area contributed by atoms with Gasteiger partial charge in [0.1, 0.15) is 11.6 Å². The largest absolute Gasteiger partial charge is 0.446 e. The molecule has 0 bridgehead atoms. The van der Waals surface area contributed by atoms with Crippen molar-refractivity contribution in [2.75, 3.05) is 0 Å². The van der Waals surface area contributed by atoms with Crippen molar-refractivity contribution in [3.63, 3.8) is 0 Å². The molecule has 1 aromatic carbocycles. The van der Waals surface area contributed by atoms with Crippen molar-refractivity contribution in [1.29, 1.82) is 0 Å². The van der Waals surface area contributed by atoms with Gasteiger partial charge in [0.25, 0.3) is 5.56 Å². The van der Waals surface area contributed by atoms with E-state index in [0.29, 0.717) is 0 Å². The highest BCUT2D eigenvalue weighted by Crippen LogP contribution is 2.33. The van der Waals surface area contributed by atoms with Crippen LogP contribution in [0.25, 0.3) is 6.08 Å². The van der Waals surface area contributed by atoms with Crippen molar-refractivity contribution in [2.45, 2.75) is 32.0 Å². The van der Waals surface area contributed by atoms with Crippen molar-refractivity contribution in [3.05, 3.63) is 76.1 Å². The second-order valence-corrected chi connectivity index (χ2v) is 7.34. The molecule has 2 aliphatic heterocycles. The molecule has 1 amide bonds. The molecule has 0 radical (unpaired) electrons. The van der Waals surface area contributed by atoms with Crippen LogP contribution in [-0.2, 0) is 16.9 Å². The number of fused-ring (bicyclic) bond motifs is 2. The third-order valence-corrected chi connectivity index (χ3v) is 4.93. The molecule has 0 fully saturated rings. The number of hydrogen-bond acceptors (Lipinski definition) is 5. The van der Waals surface area contributed by atoms with Gasteiger partial charge in [-0.1, -0.05) is 50.3 Å². The van der Waals surface area contributed by atoms with Crippen LogP contribution in [0, 0.1) is 5.92 Å². The van der Waals surface area contributed by atoms with E-state index in [0.717, 1.165) is 5.56 Å². The molecule has 0 spiro atoms. The third kappa shape index (κ3) is 2.93. The van der Waals surface area contributed by atoms with E-state index >= 15 is 0 Å². The standard InChI is InChI=1S/C21H21N3O4/c1-13(2)16-17(25)23-21(27,12-14-8-4-3-5-9-14)20-22-18-15(19(26)24(16)20)10-6-7-11-28-18/h3-11,13,16,27H,12H2,1-2H3,(H,23,25)/t16-,21-/m1/s1. The average molecular weight is 379 g/mol. The predicted molar refractivity (Wildman–Crippen MR) is 103 cm³/mol. The van der Waals surface area contributed by atoms with Gasteiger partial charge < -0.3 is 15.2 Å². The molecule has 1 aromatic heterocycles. The van der Waals surface area contributed by atoms with Crippen LogP contribution in [0.3, 0.4) is 0 Å². The Morgan fingerprint density at radius 2 is 2.00 bits per heavy atom. The molecule has 0 unspecified atom stereocenters. The number of rotatable bonds is 3. The minimum Gasteiger partial charge on any atom is -0.446 e. The van der Waals surface area contributed by atoms with Crippen LogP contribution in [0.2, 0.25) is 0 Å². The number of aliphatic hydroxyl groups is 1. The number of nitrogens with zero attached hydrogens (tertiary/aromatic N) is 2. The zero-order chi connectivity index (χ0) is 19.9. The van der Waals surface area contributed by atoms with E-state index in [2.05, 4.69) is 10.3 Å². The molecule has 144 valence electrons. The van der Waals surface area contributed by atoms with E-state index in [-0.39, 0.29) is 29.6 Å². The molecule has 2 aromatic rings. The Kier molecular flexibility index (Phi) is 4.39. The summed E-state index contributed by atoms with van der Waals surface area (Å²) in [5, 5.41) is 14.1. The van der Waals surface area contributed by atoms with Crippen molar-refractivity contribution in [1.82, 2.24) is 14.9 Å². The van der Waals surface area contributed by atoms with Gasteiger partial charge in [0.2, 0.25) is 17.5 Å². The summed E-state index contributed by atoms with van der Waals surface area (Å²) in [5.41, 5.74) is -1.21. The van der Waals surface area contributed by atoms with Gasteiger partial charge in [-0.2, -0.15) is 4.98 Å². The molecule has 0 saturated heterocycles. The average Bonchev–Trinajstić information content (AvgIpc) is 2.89. The van der Waals surface area contributed by atoms with Gasteiger partial charge in [0.15, 0.2) is 5.82 Å². The molecule has 7 nitrogen and oxygen atoms in total. The van der Waals surface area contributed by atoms with Crippen LogP contribution in [-0.4, -0.2) is 20.6 Å². The number of benzene rings is 1. The van der Waals surface area contributed by atoms with Gasteiger partial charge in [-0.05, 0) is 23.6 Å². The number of amides is 1. The number of carbonyl (C=O) groups excluding carboxylic acids is 1. The summed E-state index contributed by atoms with van der Waals surface area (Å²) in [4.78, 5) is 30.6. The Morgan fingerprint density at radius 3 is 2.71 bits per heavy atom. The number of ether oxygens (including phenoxy) is 1. The van der Waals surface area contributed by atoms with E-state index in [1.54, 1.807) is 18.2 Å². The Balaban J connectivity index is 1.95. The second kappa shape index (κ2) is 6.76. The molecular formula is C21H21N3O4. The van der Waals surface area contributed by atoms with Crippen molar-refractivity contribution < 1.29 is 14.6 Å². The number of aromatic nitrogens is 2. The summed E-state index contributed by atoms with van der Waals surface area (Å²) in [5.74, 6) is -0.415. The predicted octanol–water partition coefficient (Wildman–Crippen LogP) is 1.88. The molecule has 0 aliphatic carbocycles. The monoisotopic (exact) mass is 379 g/mol. The van der Waals surface area contributed by atoms with Crippen LogP contribution >= 0.6 is 0 Å². The molecular weight excluding hydrogens is 358 g/mol. The summed E-state index contributed by atoms with van der Waals surface area (Å²) in [7, 11) is 0. The molecule has 2 N–H and O–H groups in total. The first kappa shape index (κ1) is 18.2. The van der Waals surface area contributed by atoms with Crippen LogP contribution in [0.1, 0.15) is 36.8 Å². The first-order valence-corrected chi connectivity index (χ1v) is 9.16. The summed E-state index contributed by atoms with van der Waals surface area (Å²) in [6.45, 7) is 3.70. The zero-order valence-electron chi connectivity index (χ0n) is 15.6. The lowest BCUT2D eigenvalue weighted by atomic mass is 9.93. The maximum Gasteiger partial charge on any atom is 0.265 e. The number of carbonyl (C=O) groups is 1. The molecule has 3 heterocycles. The van der Waals surface area contributed by atoms with E-state index in [4.69, 9.17) is 4.74 Å². The zero-order valence-corrected chi connectivity index (χ0v) is 15.6. The van der Waals surface area contributed by atoms with Gasteiger partial charge in [0, 0.05) is 6.42 Å². The van der Waals surface area contributed by atoms with Gasteiger partial charge in [-0.15, -0.1) is 0 Å². The highest BCUT2D eigenvalue weighted by Gasteiger charge is 2.46. The van der Waals surface area contributed by atoms with Crippen LogP contribution in [0.4, 0.5) is 0 Å². The summed E-state index contributed by atoms with van der Waals surface area (Å²) < 4.78 is 6.78. The quantitative estimate of drug-likeness (QED) is 0.849. The minimum absolute atomic E-state index is 0.0707. The Hall–Kier alpha value is -3.19. The SMILES string of the molecule is CC(C)[C@@H]1C(=O)N[C@@](O)(Cc2ccccc2)c2nc3c(c(=O)n21)C=CC=CO3. The van der Waals surface area contributed by atoms with Crippen LogP contribution in [0.5, 0.6) is 5.88 Å². The Labute approximate surface area is 162 Å². The normalized spacial score (nSPS) is 22.9. The van der Waals surface area contributed by atoms with E-state index in [9.17, 15) is 14.7 Å². The van der Waals surface area contributed by atoms with Crippen molar-refractivity contribution in [3.8, 4) is 5.88 Å². The van der Waals surface area contributed by atoms with Gasteiger partial charge in [-0.3, -0.25) is 14.2 Å². The maximum absolute atomic E-state index is 13.3. The lowest BCUT2D eigenvalue weighted by molar-refractivity contribution is -0.140. The van der Waals surface area contributed by atoms with Crippen molar-refractivity contribution >= 4 is 12.0 Å². The number of allylic oxidation sites excluding steroid dienone is 2. The van der Waals surface area contributed by atoms with E-state index in [1.807, 2.05) is 44.2 Å². The molecule has 7 heteroatoms. The molecule has 2 atom stereocenters. The minimum atomic E-state index is -1.83. The smallest absolute Gasteiger partial charge is 0.265 e. The highest BCUT2D eigenvalue weighted by atomic mass is 16.5. The van der Waals surface area contributed by atoms with Crippen LogP contribution in [0.15, 0.2) is 53.5 Å². The number of hydrogen-bond donors (Lipinski definition) is 2. The first-order chi connectivity index (χ1) is 13.4. The highest BCUT2D eigenvalue weighted by molar-refractivity contribution is 5.82. The second-order valence-electron chi connectivity index (χ2n) is 7.34. The van der Waals surface area contributed by atoms with Gasteiger partial charge >= 0.3 is 0 Å². The summed E-state index contributed by atoms with van der Waals surface area (Å²) in [6.07, 6.45) is 6.40. The van der Waals surface area contributed by atoms with Gasteiger partial charge in [-0.25, -0.2) is 0 Å². The lowest BCUT2D eigenvalue weighted by Crippen LogP contribution is -2.60. The summed E-state index contributed by atoms with van der Waals surface area (Å²) in [6, 6.07) is 8.46. The fourth-order valence-corrected chi connectivity index (χ4v) is 3.68. The Bertz CT molecular complexity index is 1040. The molecule has 28 heavy (non-hydrogen) atoms. The maximum atomic E-state index is 13.3. The topological polar surface area (TPSA) is 93.5 Å². The molecule has 0 saturated carbocycles. The van der Waals surface area contributed by atoms with E-state index < -0.39 is 23.2 Å². The van der Waals surface area contributed by atoms with Crippen LogP contribution < -0.4 is 15.6 Å². The lowest BCUT2D eigenvalue weighted by Gasteiger charge is -2.40. The molecule has 4 rings (SSSR count). The molecule has 2 aliphatic rings. The Morgan fingerprint density at radius 1 is 1.25 bits per heavy atom. The fraction of sp³-hybridized carbons (Fsp3) is 0.286.